The summed E-state index contributed by atoms with van der Waals surface area (Å²) >= 11 is 3.29. The van der Waals surface area contributed by atoms with Gasteiger partial charge < -0.3 is 15.8 Å². The Bertz CT molecular complexity index is 433. The number of ether oxygens (including phenoxy) is 1. The lowest BCUT2D eigenvalue weighted by molar-refractivity contribution is 0.0536. The van der Waals surface area contributed by atoms with E-state index in [2.05, 4.69) is 26.2 Å². The summed E-state index contributed by atoms with van der Waals surface area (Å²) in [7, 11) is 0. The molecule has 1 fully saturated rings. The van der Waals surface area contributed by atoms with E-state index in [1.165, 1.54) is 6.20 Å². The zero-order valence-electron chi connectivity index (χ0n) is 9.99. The highest BCUT2D eigenvalue weighted by atomic mass is 79.9. The molecule has 1 aromatic heterocycles. The van der Waals surface area contributed by atoms with E-state index in [9.17, 15) is 4.79 Å². The van der Waals surface area contributed by atoms with E-state index < -0.39 is 0 Å². The standard InChI is InChI=1S/C12H16BrN3O2/c13-10-6-15-11(14)4-9(10)12(17)16-5-8-2-1-3-18-7-8/h4,6,8H,1-3,5,7H2,(H2,14,15)(H,16,17). The number of nitrogens with one attached hydrogen (secondary N) is 1. The third-order valence-corrected chi connectivity index (χ3v) is 3.56. The molecular weight excluding hydrogens is 298 g/mol. The summed E-state index contributed by atoms with van der Waals surface area (Å²) in [6.07, 6.45) is 3.69. The Morgan fingerprint density at radius 3 is 3.22 bits per heavy atom. The van der Waals surface area contributed by atoms with Crippen LogP contribution >= 0.6 is 15.9 Å². The van der Waals surface area contributed by atoms with Crippen LogP contribution in [0.3, 0.4) is 0 Å². The van der Waals surface area contributed by atoms with Gasteiger partial charge in [0.2, 0.25) is 0 Å². The van der Waals surface area contributed by atoms with Crippen molar-refractivity contribution in [3.8, 4) is 0 Å². The Balaban J connectivity index is 1.92. The summed E-state index contributed by atoms with van der Waals surface area (Å²) in [5.41, 5.74) is 6.09. The smallest absolute Gasteiger partial charge is 0.252 e. The van der Waals surface area contributed by atoms with Gasteiger partial charge in [-0.15, -0.1) is 0 Å². The molecule has 1 amide bonds. The molecule has 18 heavy (non-hydrogen) atoms. The molecule has 2 rings (SSSR count). The Labute approximate surface area is 114 Å². The number of carbonyl (C=O) groups excluding carboxylic acids is 1. The number of halogens is 1. The summed E-state index contributed by atoms with van der Waals surface area (Å²) in [5, 5.41) is 2.90. The maximum atomic E-state index is 12.0. The van der Waals surface area contributed by atoms with E-state index in [0.717, 1.165) is 26.1 Å². The summed E-state index contributed by atoms with van der Waals surface area (Å²) < 4.78 is 6.02. The Kier molecular flexibility index (Phi) is 4.54. The molecular formula is C12H16BrN3O2. The Morgan fingerprint density at radius 1 is 1.67 bits per heavy atom. The molecule has 2 heterocycles. The third-order valence-electron chi connectivity index (χ3n) is 2.93. The minimum Gasteiger partial charge on any atom is -0.384 e. The molecule has 1 unspecified atom stereocenters. The molecule has 5 nitrogen and oxygen atoms in total. The van der Waals surface area contributed by atoms with Crippen molar-refractivity contribution in [3.05, 3.63) is 22.3 Å². The number of aromatic nitrogens is 1. The van der Waals surface area contributed by atoms with Gasteiger partial charge in [0, 0.05) is 23.8 Å². The zero-order valence-corrected chi connectivity index (χ0v) is 11.6. The van der Waals surface area contributed by atoms with Gasteiger partial charge in [-0.05, 0) is 40.8 Å². The van der Waals surface area contributed by atoms with Crippen molar-refractivity contribution in [2.45, 2.75) is 12.8 Å². The van der Waals surface area contributed by atoms with Crippen LogP contribution in [0.1, 0.15) is 23.2 Å². The SMILES string of the molecule is Nc1cc(C(=O)NCC2CCCOC2)c(Br)cn1. The number of amides is 1. The van der Waals surface area contributed by atoms with Gasteiger partial charge >= 0.3 is 0 Å². The maximum Gasteiger partial charge on any atom is 0.252 e. The number of nitrogens with zero attached hydrogens (tertiary/aromatic N) is 1. The molecule has 3 N–H and O–H groups in total. The number of pyridine rings is 1. The predicted molar refractivity (Wildman–Crippen MR) is 72.2 cm³/mol. The number of hydrogen-bond acceptors (Lipinski definition) is 4. The quantitative estimate of drug-likeness (QED) is 0.888. The molecule has 1 aromatic rings. The summed E-state index contributed by atoms with van der Waals surface area (Å²) in [6, 6.07) is 1.57. The Hall–Kier alpha value is -1.14. The maximum absolute atomic E-state index is 12.0. The first-order chi connectivity index (χ1) is 8.66. The van der Waals surface area contributed by atoms with Crippen LogP contribution in [0, 0.1) is 5.92 Å². The van der Waals surface area contributed by atoms with Gasteiger partial charge in [-0.3, -0.25) is 4.79 Å². The number of nitrogens with two attached hydrogens (primary N) is 1. The lowest BCUT2D eigenvalue weighted by atomic mass is 10.0. The minimum atomic E-state index is -0.137. The van der Waals surface area contributed by atoms with Crippen LogP contribution in [0.2, 0.25) is 0 Å². The van der Waals surface area contributed by atoms with Crippen LogP contribution in [-0.4, -0.2) is 30.6 Å². The van der Waals surface area contributed by atoms with Crippen LogP contribution in [0.4, 0.5) is 5.82 Å². The Morgan fingerprint density at radius 2 is 2.50 bits per heavy atom. The molecule has 1 aliphatic rings. The fourth-order valence-corrected chi connectivity index (χ4v) is 2.33. The molecule has 0 aromatic carbocycles. The molecule has 98 valence electrons. The van der Waals surface area contributed by atoms with E-state index in [0.29, 0.717) is 28.3 Å². The number of rotatable bonds is 3. The molecule has 0 bridgehead atoms. The highest BCUT2D eigenvalue weighted by Gasteiger charge is 2.16. The van der Waals surface area contributed by atoms with E-state index in [1.54, 1.807) is 6.07 Å². The first kappa shape index (κ1) is 13.3. The van der Waals surface area contributed by atoms with Crippen molar-refractivity contribution < 1.29 is 9.53 Å². The van der Waals surface area contributed by atoms with Gasteiger partial charge in [0.05, 0.1) is 12.2 Å². The fourth-order valence-electron chi connectivity index (χ4n) is 1.93. The number of carbonyl (C=O) groups is 1. The van der Waals surface area contributed by atoms with Crippen LogP contribution < -0.4 is 11.1 Å². The molecule has 6 heteroatoms. The number of anilines is 1. The summed E-state index contributed by atoms with van der Waals surface area (Å²) in [4.78, 5) is 15.9. The summed E-state index contributed by atoms with van der Waals surface area (Å²) in [6.45, 7) is 2.18. The van der Waals surface area contributed by atoms with Gasteiger partial charge in [0.15, 0.2) is 0 Å². The van der Waals surface area contributed by atoms with E-state index in [1.807, 2.05) is 0 Å². The molecule has 1 saturated heterocycles. The third kappa shape index (κ3) is 3.43. The van der Waals surface area contributed by atoms with Crippen molar-refractivity contribution in [2.24, 2.45) is 5.92 Å². The lowest BCUT2D eigenvalue weighted by Crippen LogP contribution is -2.33. The molecule has 1 aliphatic heterocycles. The van der Waals surface area contributed by atoms with Crippen molar-refractivity contribution in [2.75, 3.05) is 25.5 Å². The van der Waals surface area contributed by atoms with Gasteiger partial charge in [0.25, 0.3) is 5.91 Å². The molecule has 0 radical (unpaired) electrons. The highest BCUT2D eigenvalue weighted by molar-refractivity contribution is 9.10. The second-order valence-corrected chi connectivity index (χ2v) is 5.24. The van der Waals surface area contributed by atoms with Gasteiger partial charge in [-0.1, -0.05) is 0 Å². The number of hydrogen-bond donors (Lipinski definition) is 2. The first-order valence-electron chi connectivity index (χ1n) is 5.94. The normalized spacial score (nSPS) is 19.5. The average molecular weight is 314 g/mol. The van der Waals surface area contributed by atoms with Gasteiger partial charge in [0.1, 0.15) is 5.82 Å². The molecule has 0 spiro atoms. The monoisotopic (exact) mass is 313 g/mol. The van der Waals surface area contributed by atoms with E-state index in [4.69, 9.17) is 10.5 Å². The second-order valence-electron chi connectivity index (χ2n) is 4.38. The molecule has 0 aliphatic carbocycles. The van der Waals surface area contributed by atoms with E-state index >= 15 is 0 Å². The average Bonchev–Trinajstić information content (AvgIpc) is 2.40. The van der Waals surface area contributed by atoms with Crippen molar-refractivity contribution in [3.63, 3.8) is 0 Å². The van der Waals surface area contributed by atoms with Crippen LogP contribution in [0.5, 0.6) is 0 Å². The van der Waals surface area contributed by atoms with Gasteiger partial charge in [-0.25, -0.2) is 4.98 Å². The van der Waals surface area contributed by atoms with Crippen molar-refractivity contribution in [1.82, 2.24) is 10.3 Å². The number of nitrogen functional groups attached to an aromatic ring is 1. The van der Waals surface area contributed by atoms with Crippen molar-refractivity contribution in [1.29, 1.82) is 0 Å². The zero-order chi connectivity index (χ0) is 13.0. The lowest BCUT2D eigenvalue weighted by Gasteiger charge is -2.22. The first-order valence-corrected chi connectivity index (χ1v) is 6.73. The van der Waals surface area contributed by atoms with Crippen molar-refractivity contribution >= 4 is 27.7 Å². The molecule has 0 saturated carbocycles. The van der Waals surface area contributed by atoms with Gasteiger partial charge in [-0.2, -0.15) is 0 Å². The van der Waals surface area contributed by atoms with Crippen LogP contribution in [0.25, 0.3) is 0 Å². The highest BCUT2D eigenvalue weighted by Crippen LogP contribution is 2.18. The van der Waals surface area contributed by atoms with Crippen LogP contribution in [-0.2, 0) is 4.74 Å². The fraction of sp³-hybridized carbons (Fsp3) is 0.500. The topological polar surface area (TPSA) is 77.2 Å². The van der Waals surface area contributed by atoms with E-state index in [-0.39, 0.29) is 5.91 Å². The largest absolute Gasteiger partial charge is 0.384 e. The summed E-state index contributed by atoms with van der Waals surface area (Å²) in [5.74, 6) is 0.603. The molecule has 1 atom stereocenters. The second kappa shape index (κ2) is 6.15. The predicted octanol–water partition coefficient (Wildman–Crippen LogP) is 1.58. The minimum absolute atomic E-state index is 0.137. The van der Waals surface area contributed by atoms with Crippen LogP contribution in [0.15, 0.2) is 16.7 Å².